The number of benzene rings is 4. The summed E-state index contributed by atoms with van der Waals surface area (Å²) in [7, 11) is 6.93. The molecule has 58 heavy (non-hydrogen) atoms. The topological polar surface area (TPSA) is 106 Å². The van der Waals surface area contributed by atoms with E-state index >= 15 is 0 Å². The SMILES string of the molecule is COC(=O)c1c(CCCOc2cc(SCc3ccc(OC)cc3)cc3ccccc23)c2ccc(Cl)c(-c3c(CSCc4cc(CO)nn4C)nn4c3CCC4)c2n1C. The van der Waals surface area contributed by atoms with Crippen molar-refractivity contribution in [3.8, 4) is 22.6 Å². The van der Waals surface area contributed by atoms with Gasteiger partial charge >= 0.3 is 5.97 Å². The van der Waals surface area contributed by atoms with Gasteiger partial charge in [0.05, 0.1) is 49.4 Å². The number of carbonyl (C=O) groups excluding carboxylic acids is 1. The van der Waals surface area contributed by atoms with Crippen LogP contribution in [0.3, 0.4) is 0 Å². The third kappa shape index (κ3) is 7.95. The van der Waals surface area contributed by atoms with Gasteiger partial charge < -0.3 is 23.9 Å². The fraction of sp³-hybridized carbons (Fsp3) is 0.311. The Hall–Kier alpha value is -4.88. The Labute approximate surface area is 351 Å². The molecule has 4 heterocycles. The van der Waals surface area contributed by atoms with Crippen LogP contribution in [0.1, 0.15) is 57.2 Å². The maximum atomic E-state index is 13.6. The molecular weight excluding hydrogens is 790 g/mol. The molecule has 300 valence electrons. The molecule has 0 saturated heterocycles. The van der Waals surface area contributed by atoms with E-state index in [9.17, 15) is 9.90 Å². The highest BCUT2D eigenvalue weighted by Crippen LogP contribution is 2.44. The lowest BCUT2D eigenvalue weighted by atomic mass is 9.97. The largest absolute Gasteiger partial charge is 0.497 e. The Kier molecular flexibility index (Phi) is 12.1. The van der Waals surface area contributed by atoms with Crippen LogP contribution in [0.5, 0.6) is 11.5 Å². The molecule has 0 aliphatic carbocycles. The Morgan fingerprint density at radius 2 is 1.76 bits per heavy atom. The number of hydrogen-bond donors (Lipinski definition) is 1. The van der Waals surface area contributed by atoms with E-state index in [4.69, 9.17) is 30.9 Å². The number of hydrogen-bond acceptors (Lipinski definition) is 9. The normalized spacial score (nSPS) is 12.4. The minimum atomic E-state index is -0.390. The molecule has 0 fully saturated rings. The molecule has 0 unspecified atom stereocenters. The van der Waals surface area contributed by atoms with E-state index in [2.05, 4.69) is 52.2 Å². The van der Waals surface area contributed by atoms with Gasteiger partial charge in [0.25, 0.3) is 0 Å². The van der Waals surface area contributed by atoms with Crippen molar-refractivity contribution < 1.29 is 24.1 Å². The maximum absolute atomic E-state index is 13.6. The lowest BCUT2D eigenvalue weighted by molar-refractivity contribution is 0.0589. The second-order valence-electron chi connectivity index (χ2n) is 14.4. The van der Waals surface area contributed by atoms with Crippen LogP contribution >= 0.6 is 35.1 Å². The van der Waals surface area contributed by atoms with Crippen LogP contribution in [0.25, 0.3) is 32.8 Å². The first-order chi connectivity index (χ1) is 28.3. The summed E-state index contributed by atoms with van der Waals surface area (Å²) in [5, 5.41) is 22.8. The summed E-state index contributed by atoms with van der Waals surface area (Å²) in [5.74, 6) is 3.50. The van der Waals surface area contributed by atoms with E-state index in [1.54, 1.807) is 30.6 Å². The standard InChI is InChI=1S/C45H46ClN5O5S2/c1-49-43-36(17-18-37(46)41(43)42-38(48-51-19-7-12-39(42)51)27-57-26-31-22-30(24-52)47-50(31)2)35(44(49)45(53)55-4)11-8-20-56-40-23-33(21-29-9-5-6-10-34(29)40)58-25-28-13-15-32(54-3)16-14-28/h5-6,9-10,13-18,21-23,52H,7-8,11-12,19-20,24-27H2,1-4H3. The number of rotatable bonds is 16. The molecule has 0 radical (unpaired) electrons. The highest BCUT2D eigenvalue weighted by Gasteiger charge is 2.30. The molecule has 3 aromatic heterocycles. The molecule has 8 rings (SSSR count). The van der Waals surface area contributed by atoms with Crippen molar-refractivity contribution in [1.82, 2.24) is 24.1 Å². The zero-order chi connectivity index (χ0) is 40.3. The highest BCUT2D eigenvalue weighted by atomic mass is 35.5. The highest BCUT2D eigenvalue weighted by molar-refractivity contribution is 7.98. The van der Waals surface area contributed by atoms with Gasteiger partial charge in [-0.05, 0) is 78.6 Å². The van der Waals surface area contributed by atoms with E-state index < -0.39 is 5.97 Å². The first-order valence-corrected chi connectivity index (χ1v) is 21.9. The van der Waals surface area contributed by atoms with Crippen molar-refractivity contribution in [2.24, 2.45) is 14.1 Å². The average molecular weight is 836 g/mol. The first kappa shape index (κ1) is 39.9. The fourth-order valence-corrected chi connectivity index (χ4v) is 10.2. The number of carbonyl (C=O) groups is 1. The molecule has 0 amide bonds. The van der Waals surface area contributed by atoms with Gasteiger partial charge in [-0.1, -0.05) is 54.1 Å². The van der Waals surface area contributed by atoms with Crippen molar-refractivity contribution in [3.05, 3.63) is 123 Å². The van der Waals surface area contributed by atoms with Crippen molar-refractivity contribution in [2.45, 2.75) is 61.0 Å². The van der Waals surface area contributed by atoms with Gasteiger partial charge in [-0.15, -0.1) is 23.5 Å². The molecule has 1 aliphatic rings. The van der Waals surface area contributed by atoms with E-state index in [0.717, 1.165) is 91.3 Å². The van der Waals surface area contributed by atoms with Gasteiger partial charge in [0.15, 0.2) is 0 Å². The van der Waals surface area contributed by atoms with Gasteiger partial charge in [-0.2, -0.15) is 10.2 Å². The number of ether oxygens (including phenoxy) is 3. The summed E-state index contributed by atoms with van der Waals surface area (Å²) in [6.45, 7) is 1.23. The molecule has 4 aromatic carbocycles. The van der Waals surface area contributed by atoms with Gasteiger partial charge in [0.1, 0.15) is 17.2 Å². The summed E-state index contributed by atoms with van der Waals surface area (Å²) in [6.07, 6.45) is 3.19. The van der Waals surface area contributed by atoms with Crippen molar-refractivity contribution in [2.75, 3.05) is 20.8 Å². The lowest BCUT2D eigenvalue weighted by Gasteiger charge is -2.13. The maximum Gasteiger partial charge on any atom is 0.354 e. The third-order valence-electron chi connectivity index (χ3n) is 10.8. The van der Waals surface area contributed by atoms with Crippen LogP contribution in [0, 0.1) is 0 Å². The van der Waals surface area contributed by atoms with Gasteiger partial charge in [0.2, 0.25) is 0 Å². The summed E-state index contributed by atoms with van der Waals surface area (Å²) in [5.41, 5.74) is 9.30. The first-order valence-electron chi connectivity index (χ1n) is 19.4. The Bertz CT molecular complexity index is 2610. The smallest absolute Gasteiger partial charge is 0.354 e. The molecule has 10 nitrogen and oxygen atoms in total. The van der Waals surface area contributed by atoms with Gasteiger partial charge in [-0.3, -0.25) is 9.36 Å². The Balaban J connectivity index is 1.06. The van der Waals surface area contributed by atoms with Crippen molar-refractivity contribution in [1.29, 1.82) is 0 Å². The average Bonchev–Trinajstić information content (AvgIpc) is 4.00. The molecule has 1 N–H and O–H groups in total. The Morgan fingerprint density at radius 1 is 0.931 bits per heavy atom. The number of nitrogens with zero attached hydrogens (tertiary/aromatic N) is 5. The molecule has 0 bridgehead atoms. The van der Waals surface area contributed by atoms with Crippen molar-refractivity contribution >= 4 is 62.8 Å². The number of esters is 1. The predicted molar refractivity (Wildman–Crippen MR) is 233 cm³/mol. The minimum Gasteiger partial charge on any atom is -0.497 e. The Morgan fingerprint density at radius 3 is 2.53 bits per heavy atom. The molecule has 1 aliphatic heterocycles. The zero-order valence-corrected chi connectivity index (χ0v) is 35.5. The number of halogens is 1. The molecular formula is C45H46ClN5O5S2. The van der Waals surface area contributed by atoms with Crippen LogP contribution in [-0.4, -0.2) is 56.0 Å². The number of thioether (sulfide) groups is 2. The van der Waals surface area contributed by atoms with E-state index in [1.807, 2.05) is 59.7 Å². The number of aliphatic hydroxyl groups excluding tert-OH is 1. The van der Waals surface area contributed by atoms with E-state index in [1.165, 1.54) is 18.4 Å². The van der Waals surface area contributed by atoms with Crippen LogP contribution in [0.2, 0.25) is 5.02 Å². The van der Waals surface area contributed by atoms with E-state index in [-0.39, 0.29) is 6.61 Å². The minimum absolute atomic E-state index is 0.0882. The summed E-state index contributed by atoms with van der Waals surface area (Å²) in [4.78, 5) is 14.7. The fourth-order valence-electron chi connectivity index (χ4n) is 8.03. The lowest BCUT2D eigenvalue weighted by Crippen LogP contribution is -2.11. The number of aryl methyl sites for hydroxylation is 4. The van der Waals surface area contributed by atoms with Gasteiger partial charge in [-0.25, -0.2) is 4.79 Å². The molecule has 0 saturated carbocycles. The number of methoxy groups -OCH3 is 2. The summed E-state index contributed by atoms with van der Waals surface area (Å²) in [6, 6.07) is 26.7. The van der Waals surface area contributed by atoms with E-state index in [0.29, 0.717) is 47.4 Å². The molecule has 7 aromatic rings. The monoisotopic (exact) mass is 835 g/mol. The van der Waals surface area contributed by atoms with Crippen LogP contribution in [-0.2, 0) is 62.1 Å². The predicted octanol–water partition coefficient (Wildman–Crippen LogP) is 9.55. The van der Waals surface area contributed by atoms with Gasteiger partial charge in [0, 0.05) is 76.1 Å². The molecule has 13 heteroatoms. The van der Waals surface area contributed by atoms with Crippen LogP contribution in [0.4, 0.5) is 0 Å². The van der Waals surface area contributed by atoms with Crippen LogP contribution in [0.15, 0.2) is 83.8 Å². The quantitative estimate of drug-likeness (QED) is 0.0579. The third-order valence-corrected chi connectivity index (χ3v) is 13.2. The summed E-state index contributed by atoms with van der Waals surface area (Å²) < 4.78 is 23.2. The zero-order valence-electron chi connectivity index (χ0n) is 33.1. The molecule has 0 spiro atoms. The number of aliphatic hydroxyl groups is 1. The number of aromatic nitrogens is 5. The molecule has 0 atom stereocenters. The van der Waals surface area contributed by atoms with Crippen LogP contribution < -0.4 is 9.47 Å². The summed E-state index contributed by atoms with van der Waals surface area (Å²) >= 11 is 10.7. The second-order valence-corrected chi connectivity index (χ2v) is 16.9. The number of fused-ring (bicyclic) bond motifs is 3. The second kappa shape index (κ2) is 17.5. The van der Waals surface area contributed by atoms with Crippen molar-refractivity contribution in [3.63, 3.8) is 0 Å².